The summed E-state index contributed by atoms with van der Waals surface area (Å²) in [5.74, 6) is 0.438. The molecular weight excluding hydrogens is 392 g/mol. The molecule has 1 aliphatic rings. The van der Waals surface area contributed by atoms with Gasteiger partial charge in [-0.05, 0) is 18.1 Å². The number of carbonyl (C=O) groups excluding carboxylic acids is 1. The van der Waals surface area contributed by atoms with Crippen LogP contribution in [-0.2, 0) is 4.79 Å². The Hall–Kier alpha value is -3.38. The number of nitrogens with zero attached hydrogens (tertiary/aromatic N) is 2. The van der Waals surface area contributed by atoms with Crippen LogP contribution in [0.25, 0.3) is 0 Å². The molecule has 1 amide bonds. The van der Waals surface area contributed by atoms with Gasteiger partial charge in [-0.15, -0.1) is 0 Å². The molecule has 2 aromatic carbocycles. The molecule has 2 heterocycles. The van der Waals surface area contributed by atoms with E-state index in [0.717, 1.165) is 13.1 Å². The molecule has 6 nitrogen and oxygen atoms in total. The van der Waals surface area contributed by atoms with Crippen LogP contribution in [0.15, 0.2) is 82.2 Å². The number of carbonyl (C=O) groups is 1. The molecule has 6 heteroatoms. The number of amides is 1. The average molecular weight is 418 g/mol. The lowest BCUT2D eigenvalue weighted by atomic mass is 9.96. The zero-order valence-electron chi connectivity index (χ0n) is 17.6. The molecule has 0 radical (unpaired) electrons. The Kier molecular flexibility index (Phi) is 6.48. The van der Waals surface area contributed by atoms with E-state index in [2.05, 4.69) is 53.4 Å². The van der Waals surface area contributed by atoms with Gasteiger partial charge in [0.15, 0.2) is 6.61 Å². The van der Waals surface area contributed by atoms with Crippen LogP contribution in [-0.4, -0.2) is 48.5 Å². The first-order valence-corrected chi connectivity index (χ1v) is 10.5. The summed E-state index contributed by atoms with van der Waals surface area (Å²) in [5.41, 5.74) is 2.20. The average Bonchev–Trinajstić information content (AvgIpc) is 2.80. The summed E-state index contributed by atoms with van der Waals surface area (Å²) in [7, 11) is 0. The Balaban J connectivity index is 1.39. The Bertz CT molecular complexity index is 1020. The van der Waals surface area contributed by atoms with Crippen LogP contribution in [0.4, 0.5) is 0 Å². The van der Waals surface area contributed by atoms with E-state index < -0.39 is 0 Å². The van der Waals surface area contributed by atoms with Crippen LogP contribution in [0.3, 0.4) is 0 Å². The van der Waals surface area contributed by atoms with Gasteiger partial charge in [-0.2, -0.15) is 0 Å². The van der Waals surface area contributed by atoms with Crippen LogP contribution in [0, 0.1) is 6.92 Å². The van der Waals surface area contributed by atoms with Crippen molar-refractivity contribution in [2.45, 2.75) is 13.0 Å². The molecule has 4 rings (SSSR count). The van der Waals surface area contributed by atoms with Crippen molar-refractivity contribution in [3.63, 3.8) is 0 Å². The largest absolute Gasteiger partial charge is 0.477 e. The predicted molar refractivity (Wildman–Crippen MR) is 118 cm³/mol. The highest BCUT2D eigenvalue weighted by molar-refractivity contribution is 5.77. The summed E-state index contributed by atoms with van der Waals surface area (Å²) in [4.78, 5) is 28.7. The minimum absolute atomic E-state index is 0.0609. The SMILES string of the molecule is Cc1cc(=O)c(OCC(=O)N2CCN(C(c3ccccc3)c3ccccc3)CC2)co1. The molecule has 0 aliphatic carbocycles. The maximum absolute atomic E-state index is 12.6. The van der Waals surface area contributed by atoms with Crippen LogP contribution in [0.5, 0.6) is 5.75 Å². The number of hydrogen-bond acceptors (Lipinski definition) is 5. The topological polar surface area (TPSA) is 63.0 Å². The van der Waals surface area contributed by atoms with Gasteiger partial charge in [0.2, 0.25) is 11.2 Å². The first-order valence-electron chi connectivity index (χ1n) is 10.5. The van der Waals surface area contributed by atoms with Crippen LogP contribution < -0.4 is 10.2 Å². The minimum Gasteiger partial charge on any atom is -0.477 e. The standard InChI is InChI=1S/C25H26N2O4/c1-19-16-22(28)23(17-30-19)31-18-24(29)26-12-14-27(15-13-26)25(20-8-4-2-5-9-20)21-10-6-3-7-11-21/h2-11,16-17,25H,12-15,18H2,1H3. The van der Waals surface area contributed by atoms with Crippen molar-refractivity contribution in [2.24, 2.45) is 0 Å². The Morgan fingerprint density at radius 2 is 1.55 bits per heavy atom. The third-order valence-electron chi connectivity index (χ3n) is 5.54. The fraction of sp³-hybridized carbons (Fsp3) is 0.280. The summed E-state index contributed by atoms with van der Waals surface area (Å²) in [6.45, 7) is 4.25. The lowest BCUT2D eigenvalue weighted by Crippen LogP contribution is -2.51. The molecule has 1 aromatic heterocycles. The van der Waals surface area contributed by atoms with Crippen molar-refractivity contribution in [3.8, 4) is 5.75 Å². The second-order valence-electron chi connectivity index (χ2n) is 7.65. The first kappa shape index (κ1) is 20.9. The molecule has 0 unspecified atom stereocenters. The Morgan fingerprint density at radius 1 is 0.968 bits per heavy atom. The highest BCUT2D eigenvalue weighted by Crippen LogP contribution is 2.29. The van der Waals surface area contributed by atoms with Crippen LogP contribution >= 0.6 is 0 Å². The quantitative estimate of drug-likeness (QED) is 0.615. The minimum atomic E-state index is -0.282. The van der Waals surface area contributed by atoms with Crippen molar-refractivity contribution in [3.05, 3.63) is 100 Å². The zero-order valence-corrected chi connectivity index (χ0v) is 17.6. The summed E-state index contributed by atoms with van der Waals surface area (Å²) in [5, 5.41) is 0. The Morgan fingerprint density at radius 3 is 2.10 bits per heavy atom. The van der Waals surface area contributed by atoms with E-state index in [1.807, 2.05) is 12.1 Å². The second kappa shape index (κ2) is 9.62. The van der Waals surface area contributed by atoms with E-state index >= 15 is 0 Å². The molecule has 1 aliphatic heterocycles. The van der Waals surface area contributed by atoms with Crippen molar-refractivity contribution < 1.29 is 13.9 Å². The van der Waals surface area contributed by atoms with Gasteiger partial charge in [0.1, 0.15) is 12.0 Å². The van der Waals surface area contributed by atoms with Gasteiger partial charge in [0.05, 0.1) is 6.04 Å². The fourth-order valence-electron chi connectivity index (χ4n) is 3.94. The van der Waals surface area contributed by atoms with Gasteiger partial charge in [-0.3, -0.25) is 14.5 Å². The molecule has 160 valence electrons. The molecule has 0 bridgehead atoms. The van der Waals surface area contributed by atoms with E-state index in [0.29, 0.717) is 18.8 Å². The van der Waals surface area contributed by atoms with E-state index in [-0.39, 0.29) is 29.7 Å². The molecule has 0 atom stereocenters. The predicted octanol–water partition coefficient (Wildman–Crippen LogP) is 3.26. The number of aryl methyl sites for hydroxylation is 1. The molecule has 0 N–H and O–H groups in total. The Labute approximate surface area is 181 Å². The van der Waals surface area contributed by atoms with E-state index in [4.69, 9.17) is 9.15 Å². The van der Waals surface area contributed by atoms with Gasteiger partial charge in [0.25, 0.3) is 5.91 Å². The molecule has 0 spiro atoms. The lowest BCUT2D eigenvalue weighted by Gasteiger charge is -2.39. The summed E-state index contributed by atoms with van der Waals surface area (Å²) in [6, 6.07) is 22.4. The van der Waals surface area contributed by atoms with Gasteiger partial charge >= 0.3 is 0 Å². The summed E-state index contributed by atoms with van der Waals surface area (Å²) >= 11 is 0. The van der Waals surface area contributed by atoms with E-state index in [9.17, 15) is 9.59 Å². The maximum atomic E-state index is 12.6. The molecule has 1 fully saturated rings. The van der Waals surface area contributed by atoms with Gasteiger partial charge < -0.3 is 14.1 Å². The number of hydrogen-bond donors (Lipinski definition) is 0. The summed E-state index contributed by atoms with van der Waals surface area (Å²) in [6.07, 6.45) is 1.26. The van der Waals surface area contributed by atoms with Crippen LogP contribution in [0.2, 0.25) is 0 Å². The number of benzene rings is 2. The molecule has 1 saturated heterocycles. The number of piperazine rings is 1. The molecule has 3 aromatic rings. The van der Waals surface area contributed by atoms with Crippen molar-refractivity contribution in [2.75, 3.05) is 32.8 Å². The van der Waals surface area contributed by atoms with Gasteiger partial charge in [-0.1, -0.05) is 60.7 Å². The lowest BCUT2D eigenvalue weighted by molar-refractivity contribution is -0.135. The summed E-state index contributed by atoms with van der Waals surface area (Å²) < 4.78 is 10.6. The highest BCUT2D eigenvalue weighted by Gasteiger charge is 2.28. The molecular formula is C25H26N2O4. The maximum Gasteiger partial charge on any atom is 0.260 e. The van der Waals surface area contributed by atoms with Crippen LogP contribution in [0.1, 0.15) is 22.9 Å². The number of rotatable bonds is 6. The molecule has 0 saturated carbocycles. The second-order valence-corrected chi connectivity index (χ2v) is 7.65. The third-order valence-corrected chi connectivity index (χ3v) is 5.54. The smallest absolute Gasteiger partial charge is 0.260 e. The van der Waals surface area contributed by atoms with E-state index in [1.54, 1.807) is 11.8 Å². The normalized spacial score (nSPS) is 14.6. The number of ether oxygens (including phenoxy) is 1. The first-order chi connectivity index (χ1) is 15.1. The fourth-order valence-corrected chi connectivity index (χ4v) is 3.94. The van der Waals surface area contributed by atoms with Gasteiger partial charge in [-0.25, -0.2) is 0 Å². The third kappa shape index (κ3) is 5.03. The van der Waals surface area contributed by atoms with Crippen molar-refractivity contribution in [1.82, 2.24) is 9.80 Å². The zero-order chi connectivity index (χ0) is 21.6. The van der Waals surface area contributed by atoms with Crippen molar-refractivity contribution in [1.29, 1.82) is 0 Å². The monoisotopic (exact) mass is 418 g/mol. The molecule has 31 heavy (non-hydrogen) atoms. The highest BCUT2D eigenvalue weighted by atomic mass is 16.5. The van der Waals surface area contributed by atoms with Gasteiger partial charge in [0, 0.05) is 32.2 Å². The van der Waals surface area contributed by atoms with E-state index in [1.165, 1.54) is 23.5 Å². The van der Waals surface area contributed by atoms with Crippen molar-refractivity contribution >= 4 is 5.91 Å².